The van der Waals surface area contributed by atoms with E-state index in [0.29, 0.717) is 0 Å². The number of rotatable bonds is 2. The molecule has 0 aromatic rings. The van der Waals surface area contributed by atoms with E-state index >= 15 is 0 Å². The van der Waals surface area contributed by atoms with E-state index in [2.05, 4.69) is 27.4 Å². The number of hydrogen-bond acceptors (Lipinski definition) is 2. The molecule has 0 aromatic carbocycles. The van der Waals surface area contributed by atoms with Crippen LogP contribution in [0.2, 0.25) is 0 Å². The van der Waals surface area contributed by atoms with Gasteiger partial charge in [0.25, 0.3) is 0 Å². The lowest BCUT2D eigenvalue weighted by molar-refractivity contribution is -0.168. The predicted octanol–water partition coefficient (Wildman–Crippen LogP) is 3.85. The maximum Gasteiger partial charge on any atom is 0.330 e. The lowest BCUT2D eigenvalue weighted by Crippen LogP contribution is -2.46. The van der Waals surface area contributed by atoms with Crippen molar-refractivity contribution in [3.05, 3.63) is 12.7 Å². The summed E-state index contributed by atoms with van der Waals surface area (Å²) in [7, 11) is 0. The molecule has 0 N–H and O–H groups in total. The highest BCUT2D eigenvalue weighted by atomic mass is 16.6. The zero-order valence-corrected chi connectivity index (χ0v) is 10.8. The highest BCUT2D eigenvalue weighted by Crippen LogP contribution is 2.43. The van der Waals surface area contributed by atoms with Gasteiger partial charge >= 0.3 is 5.97 Å². The maximum absolute atomic E-state index is 11.4. The first-order chi connectivity index (χ1) is 7.41. The minimum atomic E-state index is -0.349. The molecule has 2 heteroatoms. The summed E-state index contributed by atoms with van der Waals surface area (Å²) in [5.41, 5.74) is -0.301. The second-order valence-corrected chi connectivity index (χ2v) is 5.65. The van der Waals surface area contributed by atoms with Crippen molar-refractivity contribution < 1.29 is 9.53 Å². The third-order valence-electron chi connectivity index (χ3n) is 4.13. The average Bonchev–Trinajstić information content (AvgIpc) is 2.21. The van der Waals surface area contributed by atoms with Gasteiger partial charge in [-0.15, -0.1) is 0 Å². The number of esters is 1. The Kier molecular flexibility index (Phi) is 4.17. The van der Waals surface area contributed by atoms with Gasteiger partial charge in [0.05, 0.1) is 0 Å². The summed E-state index contributed by atoms with van der Waals surface area (Å²) in [6.45, 7) is 9.95. The third-order valence-corrected chi connectivity index (χ3v) is 4.13. The molecular formula is C14H24O2. The van der Waals surface area contributed by atoms with E-state index in [4.69, 9.17) is 4.74 Å². The van der Waals surface area contributed by atoms with Crippen LogP contribution in [0.5, 0.6) is 0 Å². The summed E-state index contributed by atoms with van der Waals surface area (Å²) >= 11 is 0. The number of ether oxygens (including phenoxy) is 1. The Morgan fingerprint density at radius 3 is 2.25 bits per heavy atom. The lowest BCUT2D eigenvalue weighted by atomic mass is 9.68. The van der Waals surface area contributed by atoms with E-state index in [1.807, 2.05) is 0 Å². The van der Waals surface area contributed by atoms with Crippen LogP contribution in [0.1, 0.15) is 59.3 Å². The van der Waals surface area contributed by atoms with E-state index in [9.17, 15) is 4.79 Å². The Morgan fingerprint density at radius 2 is 1.69 bits per heavy atom. The van der Waals surface area contributed by atoms with E-state index in [-0.39, 0.29) is 17.0 Å². The topological polar surface area (TPSA) is 26.3 Å². The van der Waals surface area contributed by atoms with Crippen LogP contribution in [0.4, 0.5) is 0 Å². The summed E-state index contributed by atoms with van der Waals surface area (Å²) in [4.78, 5) is 11.4. The van der Waals surface area contributed by atoms with Crippen molar-refractivity contribution in [3.63, 3.8) is 0 Å². The average molecular weight is 224 g/mol. The van der Waals surface area contributed by atoms with Gasteiger partial charge in [-0.25, -0.2) is 4.79 Å². The number of carbonyl (C=O) groups excluding carboxylic acids is 1. The van der Waals surface area contributed by atoms with Crippen molar-refractivity contribution in [2.24, 2.45) is 5.41 Å². The minimum absolute atomic E-state index is 0.0477. The maximum atomic E-state index is 11.4. The molecule has 2 nitrogen and oxygen atoms in total. The molecule has 0 heterocycles. The quantitative estimate of drug-likeness (QED) is 0.526. The largest absolute Gasteiger partial charge is 0.456 e. The highest BCUT2D eigenvalue weighted by molar-refractivity contribution is 5.81. The molecule has 0 amide bonds. The molecule has 0 aromatic heterocycles. The zero-order valence-electron chi connectivity index (χ0n) is 10.8. The van der Waals surface area contributed by atoms with Crippen molar-refractivity contribution in [2.45, 2.75) is 64.9 Å². The molecule has 0 saturated heterocycles. The molecular weight excluding hydrogens is 200 g/mol. The van der Waals surface area contributed by atoms with Crippen molar-refractivity contribution >= 4 is 5.97 Å². The SMILES string of the molecule is C=CC(=O)OC1(C)CCCCCCC1(C)C. The Bertz CT molecular complexity index is 268. The second-order valence-electron chi connectivity index (χ2n) is 5.65. The number of carbonyl (C=O) groups is 1. The van der Waals surface area contributed by atoms with Gasteiger partial charge in [-0.2, -0.15) is 0 Å². The number of hydrogen-bond donors (Lipinski definition) is 0. The first-order valence-electron chi connectivity index (χ1n) is 6.27. The molecule has 1 atom stereocenters. The monoisotopic (exact) mass is 224 g/mol. The molecule has 0 radical (unpaired) electrons. The van der Waals surface area contributed by atoms with Crippen LogP contribution >= 0.6 is 0 Å². The molecule has 0 bridgehead atoms. The molecule has 1 fully saturated rings. The Hall–Kier alpha value is -0.790. The molecule has 0 aliphatic heterocycles. The third kappa shape index (κ3) is 2.87. The molecule has 0 spiro atoms. The van der Waals surface area contributed by atoms with Gasteiger partial charge in [-0.05, 0) is 26.2 Å². The fourth-order valence-corrected chi connectivity index (χ4v) is 2.44. The van der Waals surface area contributed by atoms with Gasteiger partial charge in [0.15, 0.2) is 0 Å². The summed E-state index contributed by atoms with van der Waals surface area (Å²) < 4.78 is 5.62. The second kappa shape index (κ2) is 5.03. The Balaban J connectivity index is 2.83. The van der Waals surface area contributed by atoms with Crippen LogP contribution in [-0.4, -0.2) is 11.6 Å². The van der Waals surface area contributed by atoms with Crippen molar-refractivity contribution in [1.29, 1.82) is 0 Å². The van der Waals surface area contributed by atoms with Crippen LogP contribution in [0.15, 0.2) is 12.7 Å². The van der Waals surface area contributed by atoms with E-state index in [1.54, 1.807) is 0 Å². The fourth-order valence-electron chi connectivity index (χ4n) is 2.44. The van der Waals surface area contributed by atoms with Gasteiger partial charge in [0.2, 0.25) is 0 Å². The van der Waals surface area contributed by atoms with Crippen LogP contribution < -0.4 is 0 Å². The van der Waals surface area contributed by atoms with Gasteiger partial charge in [-0.3, -0.25) is 0 Å². The van der Waals surface area contributed by atoms with Crippen molar-refractivity contribution in [2.75, 3.05) is 0 Å². The summed E-state index contributed by atoms with van der Waals surface area (Å²) in [6, 6.07) is 0. The van der Waals surface area contributed by atoms with Gasteiger partial charge < -0.3 is 4.74 Å². The highest BCUT2D eigenvalue weighted by Gasteiger charge is 2.43. The van der Waals surface area contributed by atoms with Gasteiger partial charge in [0, 0.05) is 11.5 Å². The van der Waals surface area contributed by atoms with Crippen LogP contribution in [0.25, 0.3) is 0 Å². The molecule has 1 rings (SSSR count). The Morgan fingerprint density at radius 1 is 1.12 bits per heavy atom. The fraction of sp³-hybridized carbons (Fsp3) is 0.786. The van der Waals surface area contributed by atoms with E-state index in [0.717, 1.165) is 19.3 Å². The van der Waals surface area contributed by atoms with E-state index < -0.39 is 0 Å². The van der Waals surface area contributed by atoms with Crippen LogP contribution in [-0.2, 0) is 9.53 Å². The summed E-state index contributed by atoms with van der Waals surface area (Å²) in [6.07, 6.45) is 8.26. The zero-order chi connectivity index (χ0) is 12.2. The standard InChI is InChI=1S/C14H24O2/c1-5-12(15)16-14(4)11-9-7-6-8-10-13(14,2)3/h5H,1,6-11H2,2-4H3. The van der Waals surface area contributed by atoms with Crippen molar-refractivity contribution in [3.8, 4) is 0 Å². The van der Waals surface area contributed by atoms with Gasteiger partial charge in [-0.1, -0.05) is 39.7 Å². The molecule has 1 aliphatic carbocycles. The Labute approximate surface area is 99.1 Å². The first-order valence-corrected chi connectivity index (χ1v) is 6.27. The molecule has 1 unspecified atom stereocenters. The molecule has 92 valence electrons. The summed E-state index contributed by atoms with van der Waals surface area (Å²) in [5.74, 6) is -0.295. The smallest absolute Gasteiger partial charge is 0.330 e. The lowest BCUT2D eigenvalue weighted by Gasteiger charge is -2.44. The first kappa shape index (κ1) is 13.3. The minimum Gasteiger partial charge on any atom is -0.456 e. The molecule has 16 heavy (non-hydrogen) atoms. The molecule has 1 saturated carbocycles. The van der Waals surface area contributed by atoms with Crippen LogP contribution in [0, 0.1) is 5.41 Å². The van der Waals surface area contributed by atoms with Crippen molar-refractivity contribution in [1.82, 2.24) is 0 Å². The van der Waals surface area contributed by atoms with Crippen LogP contribution in [0.3, 0.4) is 0 Å². The van der Waals surface area contributed by atoms with E-state index in [1.165, 1.54) is 25.3 Å². The summed E-state index contributed by atoms with van der Waals surface area (Å²) in [5, 5.41) is 0. The molecule has 1 aliphatic rings. The predicted molar refractivity (Wildman–Crippen MR) is 66.2 cm³/mol. The van der Waals surface area contributed by atoms with Gasteiger partial charge in [0.1, 0.15) is 5.60 Å². The normalized spacial score (nSPS) is 29.9.